The maximum Gasteiger partial charge on any atom is 0.323 e. The van der Waals surface area contributed by atoms with Gasteiger partial charge in [-0.2, -0.15) is 0 Å². The quantitative estimate of drug-likeness (QED) is 0.502. The standard InChI is InChI=1S/C26H34N4O2/c1-18-12-19(2)16-30(15-18)17-22-8-4-3-7-21(22)14-27-25(31)9-5-6-20-10-11-23-24(13-20)29-26(32)28-23/h3-4,7-8,10-11,13,18-19H,5-6,9,12,14-17H2,1-2H3,(H,27,31)(H2,28,29,32). The molecule has 0 saturated carbocycles. The van der Waals surface area contributed by atoms with Crippen LogP contribution in [0, 0.1) is 11.8 Å². The van der Waals surface area contributed by atoms with Crippen molar-refractivity contribution in [2.75, 3.05) is 13.1 Å². The minimum atomic E-state index is -0.193. The normalized spacial score (nSPS) is 19.3. The Kier molecular flexibility index (Phi) is 7.10. The molecule has 4 rings (SSSR count). The Hall–Kier alpha value is -2.86. The third-order valence-electron chi connectivity index (χ3n) is 6.38. The molecular weight excluding hydrogens is 400 g/mol. The van der Waals surface area contributed by atoms with Gasteiger partial charge in [0, 0.05) is 32.6 Å². The van der Waals surface area contributed by atoms with Crippen LogP contribution in [0.2, 0.25) is 0 Å². The van der Waals surface area contributed by atoms with Crippen molar-refractivity contribution >= 4 is 16.9 Å². The van der Waals surface area contributed by atoms with Gasteiger partial charge < -0.3 is 15.3 Å². The van der Waals surface area contributed by atoms with Gasteiger partial charge in [0.25, 0.3) is 0 Å². The number of piperidine rings is 1. The molecule has 3 N–H and O–H groups in total. The molecule has 6 nitrogen and oxygen atoms in total. The molecule has 170 valence electrons. The highest BCUT2D eigenvalue weighted by Crippen LogP contribution is 2.23. The molecule has 1 aliphatic heterocycles. The fourth-order valence-corrected chi connectivity index (χ4v) is 5.02. The van der Waals surface area contributed by atoms with E-state index in [9.17, 15) is 9.59 Å². The SMILES string of the molecule is CC1CC(C)CN(Cc2ccccc2CNC(=O)CCCc2ccc3[nH]c(=O)[nH]c3c2)C1. The van der Waals surface area contributed by atoms with Gasteiger partial charge in [0.1, 0.15) is 0 Å². The number of rotatable bonds is 8. The summed E-state index contributed by atoms with van der Waals surface area (Å²) in [6, 6.07) is 14.3. The number of benzene rings is 2. The maximum absolute atomic E-state index is 12.4. The van der Waals surface area contributed by atoms with E-state index in [1.54, 1.807) is 0 Å². The average molecular weight is 435 g/mol. The molecule has 0 aliphatic carbocycles. The van der Waals surface area contributed by atoms with Crippen LogP contribution in [0.1, 0.15) is 49.8 Å². The van der Waals surface area contributed by atoms with E-state index in [2.05, 4.69) is 52.2 Å². The Morgan fingerprint density at radius 1 is 1.03 bits per heavy atom. The number of fused-ring (bicyclic) bond motifs is 1. The number of carbonyl (C=O) groups is 1. The highest BCUT2D eigenvalue weighted by atomic mass is 16.1. The van der Waals surface area contributed by atoms with Crippen molar-refractivity contribution in [3.8, 4) is 0 Å². The Bertz CT molecular complexity index is 1110. The summed E-state index contributed by atoms with van der Waals surface area (Å²) in [7, 11) is 0. The van der Waals surface area contributed by atoms with E-state index in [0.717, 1.165) is 60.9 Å². The molecule has 1 aromatic heterocycles. The van der Waals surface area contributed by atoms with Gasteiger partial charge in [-0.25, -0.2) is 4.79 Å². The highest BCUT2D eigenvalue weighted by molar-refractivity contribution is 5.76. The Morgan fingerprint density at radius 3 is 2.53 bits per heavy atom. The van der Waals surface area contributed by atoms with E-state index in [-0.39, 0.29) is 11.6 Å². The molecule has 6 heteroatoms. The summed E-state index contributed by atoms with van der Waals surface area (Å²) in [6.07, 6.45) is 3.38. The summed E-state index contributed by atoms with van der Waals surface area (Å²) in [5, 5.41) is 3.10. The van der Waals surface area contributed by atoms with Crippen LogP contribution in [0.5, 0.6) is 0 Å². The molecule has 1 aliphatic rings. The molecule has 2 heterocycles. The lowest BCUT2D eigenvalue weighted by Crippen LogP contribution is -2.38. The minimum Gasteiger partial charge on any atom is -0.352 e. The van der Waals surface area contributed by atoms with Crippen LogP contribution in [0.3, 0.4) is 0 Å². The Balaban J connectivity index is 1.26. The van der Waals surface area contributed by atoms with E-state index < -0.39 is 0 Å². The van der Waals surface area contributed by atoms with Gasteiger partial charge in [0.05, 0.1) is 11.0 Å². The molecule has 1 amide bonds. The van der Waals surface area contributed by atoms with Gasteiger partial charge >= 0.3 is 5.69 Å². The molecule has 1 fully saturated rings. The van der Waals surface area contributed by atoms with Crippen LogP contribution < -0.4 is 11.0 Å². The van der Waals surface area contributed by atoms with Crippen LogP contribution in [0.25, 0.3) is 11.0 Å². The summed E-state index contributed by atoms with van der Waals surface area (Å²) in [4.78, 5) is 31.9. The second-order valence-electron chi connectivity index (χ2n) is 9.50. The first-order valence-corrected chi connectivity index (χ1v) is 11.7. The van der Waals surface area contributed by atoms with Gasteiger partial charge in [0.2, 0.25) is 5.91 Å². The third-order valence-corrected chi connectivity index (χ3v) is 6.38. The Labute approximate surface area is 189 Å². The maximum atomic E-state index is 12.4. The molecular formula is C26H34N4O2. The van der Waals surface area contributed by atoms with Crippen molar-refractivity contribution in [1.29, 1.82) is 0 Å². The van der Waals surface area contributed by atoms with Crippen molar-refractivity contribution < 1.29 is 4.79 Å². The first kappa shape index (κ1) is 22.3. The first-order valence-electron chi connectivity index (χ1n) is 11.7. The van der Waals surface area contributed by atoms with E-state index in [1.807, 2.05) is 24.3 Å². The van der Waals surface area contributed by atoms with Gasteiger partial charge in [-0.3, -0.25) is 9.69 Å². The summed E-state index contributed by atoms with van der Waals surface area (Å²) >= 11 is 0. The number of hydrogen-bond donors (Lipinski definition) is 3. The van der Waals surface area contributed by atoms with E-state index in [4.69, 9.17) is 0 Å². The van der Waals surface area contributed by atoms with Crippen LogP contribution >= 0.6 is 0 Å². The van der Waals surface area contributed by atoms with Crippen molar-refractivity contribution in [1.82, 2.24) is 20.2 Å². The monoisotopic (exact) mass is 434 g/mol. The van der Waals surface area contributed by atoms with Crippen molar-refractivity contribution in [3.05, 3.63) is 69.6 Å². The summed E-state index contributed by atoms with van der Waals surface area (Å²) in [5.41, 5.74) is 5.06. The van der Waals surface area contributed by atoms with Gasteiger partial charge in [-0.1, -0.05) is 44.2 Å². The van der Waals surface area contributed by atoms with Crippen LogP contribution in [0.4, 0.5) is 0 Å². The fourth-order valence-electron chi connectivity index (χ4n) is 5.02. The lowest BCUT2D eigenvalue weighted by atomic mass is 9.91. The van der Waals surface area contributed by atoms with Crippen molar-refractivity contribution in [3.63, 3.8) is 0 Å². The van der Waals surface area contributed by atoms with Gasteiger partial charge in [0.15, 0.2) is 0 Å². The van der Waals surface area contributed by atoms with E-state index in [0.29, 0.717) is 13.0 Å². The molecule has 2 unspecified atom stereocenters. The lowest BCUT2D eigenvalue weighted by Gasteiger charge is -2.35. The molecule has 2 aromatic carbocycles. The fraction of sp³-hybridized carbons (Fsp3) is 0.462. The average Bonchev–Trinajstić information content (AvgIpc) is 3.12. The van der Waals surface area contributed by atoms with E-state index >= 15 is 0 Å². The number of aryl methyl sites for hydroxylation is 1. The minimum absolute atomic E-state index is 0.0798. The smallest absolute Gasteiger partial charge is 0.323 e. The third kappa shape index (κ3) is 5.88. The summed E-state index contributed by atoms with van der Waals surface area (Å²) in [6.45, 7) is 8.49. The molecule has 1 saturated heterocycles. The first-order chi connectivity index (χ1) is 15.5. The van der Waals surface area contributed by atoms with Gasteiger partial charge in [-0.15, -0.1) is 0 Å². The molecule has 0 bridgehead atoms. The van der Waals surface area contributed by atoms with Crippen LogP contribution in [-0.4, -0.2) is 33.9 Å². The summed E-state index contributed by atoms with van der Waals surface area (Å²) < 4.78 is 0. The second-order valence-corrected chi connectivity index (χ2v) is 9.50. The lowest BCUT2D eigenvalue weighted by molar-refractivity contribution is -0.121. The number of hydrogen-bond acceptors (Lipinski definition) is 3. The zero-order chi connectivity index (χ0) is 22.5. The number of aromatic amines is 2. The van der Waals surface area contributed by atoms with Crippen LogP contribution in [0.15, 0.2) is 47.3 Å². The van der Waals surface area contributed by atoms with E-state index in [1.165, 1.54) is 17.5 Å². The number of aromatic nitrogens is 2. The van der Waals surface area contributed by atoms with Crippen molar-refractivity contribution in [2.24, 2.45) is 11.8 Å². The second kappa shape index (κ2) is 10.2. The zero-order valence-electron chi connectivity index (χ0n) is 19.1. The number of carbonyl (C=O) groups excluding carboxylic acids is 1. The predicted molar refractivity (Wildman–Crippen MR) is 128 cm³/mol. The number of H-pyrrole nitrogens is 2. The molecule has 32 heavy (non-hydrogen) atoms. The van der Waals surface area contributed by atoms with Crippen LogP contribution in [-0.2, 0) is 24.3 Å². The topological polar surface area (TPSA) is 81.0 Å². The van der Waals surface area contributed by atoms with Crippen molar-refractivity contribution in [2.45, 2.75) is 52.6 Å². The number of nitrogens with one attached hydrogen (secondary N) is 3. The number of likely N-dealkylation sites (tertiary alicyclic amines) is 1. The number of imidazole rings is 1. The van der Waals surface area contributed by atoms with Gasteiger partial charge in [-0.05, 0) is 59.9 Å². The predicted octanol–water partition coefficient (Wildman–Crippen LogP) is 3.97. The number of nitrogens with zero attached hydrogens (tertiary/aromatic N) is 1. The molecule has 3 aromatic rings. The molecule has 0 radical (unpaired) electrons. The largest absolute Gasteiger partial charge is 0.352 e. The zero-order valence-corrected chi connectivity index (χ0v) is 19.1. The highest BCUT2D eigenvalue weighted by Gasteiger charge is 2.22. The Morgan fingerprint density at radius 2 is 1.75 bits per heavy atom. The molecule has 2 atom stereocenters. The number of amides is 1. The molecule has 0 spiro atoms. The summed E-state index contributed by atoms with van der Waals surface area (Å²) in [5.74, 6) is 1.56.